The molecule has 0 aliphatic carbocycles. The number of hydrogen-bond donors (Lipinski definition) is 2. The van der Waals surface area contributed by atoms with E-state index in [-0.39, 0.29) is 5.91 Å². The van der Waals surface area contributed by atoms with Crippen molar-refractivity contribution >= 4 is 39.3 Å². The van der Waals surface area contributed by atoms with Crippen LogP contribution in [0.15, 0.2) is 53.0 Å². The van der Waals surface area contributed by atoms with Crippen LogP contribution in [-0.4, -0.2) is 73.4 Å². The molecule has 2 N–H and O–H groups in total. The lowest BCUT2D eigenvalue weighted by atomic mass is 10.2. The molecule has 1 aliphatic rings. The van der Waals surface area contributed by atoms with Crippen molar-refractivity contribution in [2.75, 3.05) is 51.2 Å². The Hall–Kier alpha value is -2.91. The van der Waals surface area contributed by atoms with Gasteiger partial charge in [0, 0.05) is 55.0 Å². The Morgan fingerprint density at radius 1 is 0.971 bits per heavy atom. The first-order valence-corrected chi connectivity index (χ1v) is 12.8. The number of carbonyl (C=O) groups excluding carboxylic acids is 3. The summed E-state index contributed by atoms with van der Waals surface area (Å²) in [6.45, 7) is 6.46. The molecule has 9 heteroatoms. The third-order valence-electron chi connectivity index (χ3n) is 5.78. The van der Waals surface area contributed by atoms with Crippen LogP contribution in [0.25, 0.3) is 0 Å². The van der Waals surface area contributed by atoms with Gasteiger partial charge in [0.05, 0.1) is 6.61 Å². The number of carbonyl (C=O) groups is 3. The highest BCUT2D eigenvalue weighted by Crippen LogP contribution is 2.16. The Morgan fingerprint density at radius 3 is 2.40 bits per heavy atom. The van der Waals surface area contributed by atoms with Crippen molar-refractivity contribution in [2.24, 2.45) is 0 Å². The normalized spacial score (nSPS) is 13.8. The zero-order valence-electron chi connectivity index (χ0n) is 20.1. The van der Waals surface area contributed by atoms with Gasteiger partial charge in [0.2, 0.25) is 0 Å². The van der Waals surface area contributed by atoms with Crippen molar-refractivity contribution in [3.8, 4) is 5.75 Å². The van der Waals surface area contributed by atoms with Crippen molar-refractivity contribution in [3.63, 3.8) is 0 Å². The SMILES string of the molecule is CCCCCOc1ccc(NC(=O)C(=O)NCCN2CCN(C(=O)c3cccc(Br)c3)CC2)cc1. The van der Waals surface area contributed by atoms with E-state index in [1.165, 1.54) is 0 Å². The maximum Gasteiger partial charge on any atom is 0.313 e. The van der Waals surface area contributed by atoms with E-state index < -0.39 is 11.8 Å². The topological polar surface area (TPSA) is 91.0 Å². The van der Waals surface area contributed by atoms with Crippen molar-refractivity contribution in [1.82, 2.24) is 15.1 Å². The third-order valence-corrected chi connectivity index (χ3v) is 6.27. The molecule has 188 valence electrons. The molecule has 2 aromatic carbocycles. The highest BCUT2D eigenvalue weighted by atomic mass is 79.9. The number of anilines is 1. The summed E-state index contributed by atoms with van der Waals surface area (Å²) >= 11 is 3.40. The highest BCUT2D eigenvalue weighted by molar-refractivity contribution is 9.10. The van der Waals surface area contributed by atoms with Gasteiger partial charge in [-0.25, -0.2) is 0 Å². The van der Waals surface area contributed by atoms with E-state index in [9.17, 15) is 14.4 Å². The number of piperazine rings is 1. The molecule has 0 saturated carbocycles. The van der Waals surface area contributed by atoms with Gasteiger partial charge in [-0.05, 0) is 48.9 Å². The van der Waals surface area contributed by atoms with Gasteiger partial charge in [-0.3, -0.25) is 19.3 Å². The molecule has 0 spiro atoms. The second kappa shape index (κ2) is 13.8. The van der Waals surface area contributed by atoms with Crippen LogP contribution in [0.3, 0.4) is 0 Å². The van der Waals surface area contributed by atoms with Gasteiger partial charge < -0.3 is 20.3 Å². The lowest BCUT2D eigenvalue weighted by Crippen LogP contribution is -2.50. The zero-order chi connectivity index (χ0) is 25.0. The predicted molar refractivity (Wildman–Crippen MR) is 140 cm³/mol. The van der Waals surface area contributed by atoms with Crippen LogP contribution in [0.2, 0.25) is 0 Å². The number of amides is 3. The molecule has 0 unspecified atom stereocenters. The van der Waals surface area contributed by atoms with Crippen LogP contribution in [0.5, 0.6) is 5.75 Å². The van der Waals surface area contributed by atoms with Gasteiger partial charge >= 0.3 is 11.8 Å². The summed E-state index contributed by atoms with van der Waals surface area (Å²) in [6, 6.07) is 14.4. The monoisotopic (exact) mass is 544 g/mol. The van der Waals surface area contributed by atoms with E-state index in [1.54, 1.807) is 24.3 Å². The molecule has 35 heavy (non-hydrogen) atoms. The number of unbranched alkanes of at least 4 members (excludes halogenated alkanes) is 2. The number of nitrogens with zero attached hydrogens (tertiary/aromatic N) is 2. The molecule has 1 fully saturated rings. The summed E-state index contributed by atoms with van der Waals surface area (Å²) < 4.78 is 6.53. The van der Waals surface area contributed by atoms with Crippen LogP contribution in [-0.2, 0) is 9.59 Å². The van der Waals surface area contributed by atoms with E-state index in [2.05, 4.69) is 38.4 Å². The van der Waals surface area contributed by atoms with Gasteiger partial charge in [0.15, 0.2) is 0 Å². The van der Waals surface area contributed by atoms with Crippen molar-refractivity contribution in [1.29, 1.82) is 0 Å². The van der Waals surface area contributed by atoms with Crippen LogP contribution in [0, 0.1) is 0 Å². The summed E-state index contributed by atoms with van der Waals surface area (Å²) in [6.07, 6.45) is 3.28. The minimum Gasteiger partial charge on any atom is -0.494 e. The molecule has 0 aromatic heterocycles. The number of ether oxygens (including phenoxy) is 1. The standard InChI is InChI=1S/C26H33BrN4O4/c1-2-3-4-18-35-23-10-8-22(9-11-23)29-25(33)24(32)28-12-13-30-14-16-31(17-15-30)26(34)20-6-5-7-21(27)19-20/h5-11,19H,2-4,12-18H2,1H3,(H,28,32)(H,29,33). The lowest BCUT2D eigenvalue weighted by Gasteiger charge is -2.34. The van der Waals surface area contributed by atoms with Gasteiger partial charge in [0.1, 0.15) is 5.75 Å². The molecule has 1 aliphatic heterocycles. The predicted octanol–water partition coefficient (Wildman–Crippen LogP) is 3.53. The minimum absolute atomic E-state index is 0.0204. The third kappa shape index (κ3) is 8.67. The average molecular weight is 545 g/mol. The number of hydrogen-bond acceptors (Lipinski definition) is 5. The summed E-state index contributed by atoms with van der Waals surface area (Å²) in [5, 5.41) is 5.27. The largest absolute Gasteiger partial charge is 0.494 e. The van der Waals surface area contributed by atoms with Crippen LogP contribution >= 0.6 is 15.9 Å². The maximum absolute atomic E-state index is 12.7. The van der Waals surface area contributed by atoms with E-state index >= 15 is 0 Å². The number of halogens is 1. The summed E-state index contributed by atoms with van der Waals surface area (Å²) in [4.78, 5) is 41.0. The minimum atomic E-state index is -0.703. The van der Waals surface area contributed by atoms with E-state index in [0.717, 1.165) is 29.5 Å². The first kappa shape index (κ1) is 26.7. The molecule has 3 rings (SSSR count). The van der Waals surface area contributed by atoms with Crippen molar-refractivity contribution in [2.45, 2.75) is 26.2 Å². The fourth-order valence-corrected chi connectivity index (χ4v) is 4.15. The molecule has 2 aromatic rings. The van der Waals surface area contributed by atoms with Gasteiger partial charge in [-0.2, -0.15) is 0 Å². The molecule has 0 radical (unpaired) electrons. The second-order valence-corrected chi connectivity index (χ2v) is 9.35. The molecule has 1 heterocycles. The molecule has 8 nitrogen and oxygen atoms in total. The average Bonchev–Trinajstić information content (AvgIpc) is 2.87. The zero-order valence-corrected chi connectivity index (χ0v) is 21.7. The Bertz CT molecular complexity index is 991. The first-order chi connectivity index (χ1) is 17.0. The van der Waals surface area contributed by atoms with Crippen LogP contribution in [0.1, 0.15) is 36.5 Å². The number of nitrogens with one attached hydrogen (secondary N) is 2. The molecular formula is C26H33BrN4O4. The quantitative estimate of drug-likeness (QED) is 0.352. The van der Waals surface area contributed by atoms with Crippen molar-refractivity contribution < 1.29 is 19.1 Å². The molecule has 3 amide bonds. The molecule has 1 saturated heterocycles. The molecule has 0 atom stereocenters. The van der Waals surface area contributed by atoms with E-state index in [0.29, 0.717) is 57.1 Å². The number of benzene rings is 2. The molecular weight excluding hydrogens is 512 g/mol. The fraction of sp³-hybridized carbons (Fsp3) is 0.423. The van der Waals surface area contributed by atoms with E-state index in [4.69, 9.17) is 4.74 Å². The number of rotatable bonds is 10. The fourth-order valence-electron chi connectivity index (χ4n) is 3.75. The highest BCUT2D eigenvalue weighted by Gasteiger charge is 2.22. The van der Waals surface area contributed by atoms with Gasteiger partial charge in [-0.1, -0.05) is 41.8 Å². The Balaban J connectivity index is 1.33. The van der Waals surface area contributed by atoms with Crippen molar-refractivity contribution in [3.05, 3.63) is 58.6 Å². The van der Waals surface area contributed by atoms with Gasteiger partial charge in [-0.15, -0.1) is 0 Å². The Labute approximate surface area is 215 Å². The first-order valence-electron chi connectivity index (χ1n) is 12.1. The van der Waals surface area contributed by atoms with Crippen LogP contribution in [0.4, 0.5) is 5.69 Å². The smallest absolute Gasteiger partial charge is 0.313 e. The Morgan fingerprint density at radius 2 is 1.71 bits per heavy atom. The summed E-state index contributed by atoms with van der Waals surface area (Å²) in [7, 11) is 0. The molecule has 0 bridgehead atoms. The van der Waals surface area contributed by atoms with Crippen LogP contribution < -0.4 is 15.4 Å². The van der Waals surface area contributed by atoms with Gasteiger partial charge in [0.25, 0.3) is 5.91 Å². The van der Waals surface area contributed by atoms with E-state index in [1.807, 2.05) is 29.2 Å². The Kier molecular flexibility index (Phi) is 10.6. The second-order valence-electron chi connectivity index (χ2n) is 8.43. The summed E-state index contributed by atoms with van der Waals surface area (Å²) in [5.41, 5.74) is 1.21. The maximum atomic E-state index is 12.7. The lowest BCUT2D eigenvalue weighted by molar-refractivity contribution is -0.136. The summed E-state index contributed by atoms with van der Waals surface area (Å²) in [5.74, 6) is -0.617.